The van der Waals surface area contributed by atoms with Crippen LogP contribution >= 0.6 is 46.9 Å². The van der Waals surface area contributed by atoms with Crippen LogP contribution in [-0.2, 0) is 6.54 Å². The van der Waals surface area contributed by atoms with Crippen LogP contribution in [0.2, 0.25) is 5.02 Å². The number of rotatable bonds is 5. The maximum Gasteiger partial charge on any atom is 0.246 e. The fourth-order valence-electron chi connectivity index (χ4n) is 3.31. The summed E-state index contributed by atoms with van der Waals surface area (Å²) in [5.41, 5.74) is 0.826. The molecule has 1 aliphatic rings. The van der Waals surface area contributed by atoms with Gasteiger partial charge in [-0.2, -0.15) is 4.98 Å². The van der Waals surface area contributed by atoms with Gasteiger partial charge in [0.15, 0.2) is 5.96 Å². The second-order valence-corrected chi connectivity index (χ2v) is 8.17. The van der Waals surface area contributed by atoms with E-state index in [0.717, 1.165) is 37.5 Å². The topological polar surface area (TPSA) is 78.6 Å². The smallest absolute Gasteiger partial charge is 0.246 e. The molecule has 3 aromatic rings. The van der Waals surface area contributed by atoms with E-state index in [2.05, 4.69) is 48.2 Å². The van der Waals surface area contributed by atoms with Crippen LogP contribution in [0.5, 0.6) is 0 Å². The summed E-state index contributed by atoms with van der Waals surface area (Å²) in [7, 11) is 1.77. The molecular formula is C20H24ClIN6OS. The van der Waals surface area contributed by atoms with E-state index in [1.54, 1.807) is 18.4 Å². The molecule has 3 heterocycles. The van der Waals surface area contributed by atoms with Crippen molar-refractivity contribution in [2.45, 2.75) is 25.4 Å². The highest BCUT2D eigenvalue weighted by Crippen LogP contribution is 2.25. The number of nitrogens with zero attached hydrogens (tertiary/aromatic N) is 4. The molecule has 30 heavy (non-hydrogen) atoms. The second-order valence-electron chi connectivity index (χ2n) is 6.80. The molecule has 1 saturated heterocycles. The zero-order valence-corrected chi connectivity index (χ0v) is 20.4. The van der Waals surface area contributed by atoms with Crippen molar-refractivity contribution in [1.29, 1.82) is 0 Å². The quantitative estimate of drug-likeness (QED) is 0.275. The second kappa shape index (κ2) is 11.0. The molecule has 0 spiro atoms. The Kier molecular flexibility index (Phi) is 8.34. The number of thiophene rings is 1. The lowest BCUT2D eigenvalue weighted by atomic mass is 10.1. The van der Waals surface area contributed by atoms with E-state index in [9.17, 15) is 0 Å². The molecule has 1 aromatic carbocycles. The largest absolute Gasteiger partial charge is 0.363 e. The molecule has 7 nitrogen and oxygen atoms in total. The molecule has 1 aliphatic heterocycles. The zero-order valence-electron chi connectivity index (χ0n) is 16.5. The standard InChI is InChI=1S/C20H23ClN6OS.HI/c1-22-20(24-16-7-9-27(10-8-16)18-6-3-11-29-18)23-13-17-25-19(26-28-17)14-4-2-5-15(21)12-14;/h2-6,11-12,16H,7-10,13H2,1H3,(H2,22,23,24);1H. The van der Waals surface area contributed by atoms with Gasteiger partial charge in [-0.1, -0.05) is 28.9 Å². The van der Waals surface area contributed by atoms with E-state index in [1.165, 1.54) is 5.00 Å². The van der Waals surface area contributed by atoms with E-state index in [4.69, 9.17) is 16.1 Å². The van der Waals surface area contributed by atoms with Crippen LogP contribution in [0.15, 0.2) is 51.3 Å². The summed E-state index contributed by atoms with van der Waals surface area (Å²) in [5.74, 6) is 1.76. The van der Waals surface area contributed by atoms with Gasteiger partial charge in [0.2, 0.25) is 11.7 Å². The summed E-state index contributed by atoms with van der Waals surface area (Å²) < 4.78 is 5.34. The van der Waals surface area contributed by atoms with Crippen molar-refractivity contribution >= 4 is 57.9 Å². The lowest BCUT2D eigenvalue weighted by molar-refractivity contribution is 0.374. The Morgan fingerprint density at radius 1 is 1.30 bits per heavy atom. The normalized spacial score (nSPS) is 15.0. The van der Waals surface area contributed by atoms with Crippen molar-refractivity contribution in [3.8, 4) is 11.4 Å². The van der Waals surface area contributed by atoms with Gasteiger partial charge in [0, 0.05) is 36.8 Å². The van der Waals surface area contributed by atoms with Gasteiger partial charge in [-0.15, -0.1) is 35.3 Å². The molecule has 0 bridgehead atoms. The molecule has 0 saturated carbocycles. The van der Waals surface area contributed by atoms with Crippen molar-refractivity contribution < 1.29 is 4.52 Å². The highest BCUT2D eigenvalue weighted by Gasteiger charge is 2.21. The number of piperidine rings is 1. The first-order valence-electron chi connectivity index (χ1n) is 9.55. The van der Waals surface area contributed by atoms with Crippen LogP contribution in [-0.4, -0.2) is 42.3 Å². The number of anilines is 1. The summed E-state index contributed by atoms with van der Waals surface area (Å²) in [5, 5.41) is 14.9. The van der Waals surface area contributed by atoms with Crippen LogP contribution in [0.25, 0.3) is 11.4 Å². The van der Waals surface area contributed by atoms with E-state index in [1.807, 2.05) is 24.3 Å². The lowest BCUT2D eigenvalue weighted by Gasteiger charge is -2.33. The predicted molar refractivity (Wildman–Crippen MR) is 133 cm³/mol. The van der Waals surface area contributed by atoms with E-state index in [-0.39, 0.29) is 24.0 Å². The zero-order chi connectivity index (χ0) is 20.1. The first-order chi connectivity index (χ1) is 14.2. The molecule has 0 unspecified atom stereocenters. The summed E-state index contributed by atoms with van der Waals surface area (Å²) in [6.07, 6.45) is 2.14. The third-order valence-corrected chi connectivity index (χ3v) is 6.00. The SMILES string of the molecule is CN=C(NCc1nc(-c2cccc(Cl)c2)no1)NC1CCN(c2cccs2)CC1.I. The third kappa shape index (κ3) is 5.86. The van der Waals surface area contributed by atoms with E-state index < -0.39 is 0 Å². The van der Waals surface area contributed by atoms with Crippen molar-refractivity contribution in [2.75, 3.05) is 25.0 Å². The molecule has 4 rings (SSSR count). The molecule has 2 N–H and O–H groups in total. The van der Waals surface area contributed by atoms with Gasteiger partial charge in [-0.25, -0.2) is 0 Å². The molecule has 1 fully saturated rings. The van der Waals surface area contributed by atoms with Crippen LogP contribution in [0.1, 0.15) is 18.7 Å². The Balaban J connectivity index is 0.00000256. The Morgan fingerprint density at radius 2 is 2.13 bits per heavy atom. The molecular weight excluding hydrogens is 535 g/mol. The van der Waals surface area contributed by atoms with Crippen LogP contribution in [0.4, 0.5) is 5.00 Å². The summed E-state index contributed by atoms with van der Waals surface area (Å²) in [4.78, 5) is 11.2. The number of nitrogens with one attached hydrogen (secondary N) is 2. The van der Waals surface area contributed by atoms with Crippen molar-refractivity contribution in [2.24, 2.45) is 4.99 Å². The van der Waals surface area contributed by atoms with Crippen LogP contribution in [0.3, 0.4) is 0 Å². The Morgan fingerprint density at radius 3 is 2.83 bits per heavy atom. The lowest BCUT2D eigenvalue weighted by Crippen LogP contribution is -2.48. The Hall–Kier alpha value is -1.85. The first kappa shape index (κ1) is 22.8. The number of aromatic nitrogens is 2. The average Bonchev–Trinajstić information content (AvgIpc) is 3.44. The van der Waals surface area contributed by atoms with Crippen molar-refractivity contribution in [1.82, 2.24) is 20.8 Å². The van der Waals surface area contributed by atoms with Gasteiger partial charge in [0.1, 0.15) is 0 Å². The predicted octanol–water partition coefficient (Wildman–Crippen LogP) is 4.40. The molecule has 0 radical (unpaired) electrons. The Labute approximate surface area is 201 Å². The number of halogens is 2. The molecule has 160 valence electrons. The molecule has 0 aliphatic carbocycles. The van der Waals surface area contributed by atoms with Gasteiger partial charge >= 0.3 is 0 Å². The molecule has 2 aromatic heterocycles. The van der Waals surface area contributed by atoms with E-state index in [0.29, 0.717) is 29.3 Å². The third-order valence-electron chi connectivity index (χ3n) is 4.84. The summed E-state index contributed by atoms with van der Waals surface area (Å²) in [6, 6.07) is 12.1. The fraction of sp³-hybridized carbons (Fsp3) is 0.350. The summed E-state index contributed by atoms with van der Waals surface area (Å²) >= 11 is 7.82. The molecule has 0 atom stereocenters. The van der Waals surface area contributed by atoms with Gasteiger partial charge in [-0.05, 0) is 42.5 Å². The van der Waals surface area contributed by atoms with E-state index >= 15 is 0 Å². The van der Waals surface area contributed by atoms with Crippen molar-refractivity contribution in [3.05, 3.63) is 52.7 Å². The fourth-order valence-corrected chi connectivity index (χ4v) is 4.29. The minimum Gasteiger partial charge on any atom is -0.363 e. The maximum absolute atomic E-state index is 6.03. The minimum absolute atomic E-state index is 0. The van der Waals surface area contributed by atoms with Gasteiger partial charge < -0.3 is 20.1 Å². The molecule has 0 amide bonds. The monoisotopic (exact) mass is 558 g/mol. The van der Waals surface area contributed by atoms with Gasteiger partial charge in [0.25, 0.3) is 0 Å². The van der Waals surface area contributed by atoms with Crippen molar-refractivity contribution in [3.63, 3.8) is 0 Å². The highest BCUT2D eigenvalue weighted by atomic mass is 127. The number of hydrogen-bond donors (Lipinski definition) is 2. The van der Waals surface area contributed by atoms with Gasteiger partial charge in [-0.3, -0.25) is 4.99 Å². The number of guanidine groups is 1. The minimum atomic E-state index is 0. The van der Waals surface area contributed by atoms with Crippen LogP contribution in [0, 0.1) is 0 Å². The number of benzene rings is 1. The first-order valence-corrected chi connectivity index (χ1v) is 10.8. The number of hydrogen-bond acceptors (Lipinski definition) is 6. The average molecular weight is 559 g/mol. The summed E-state index contributed by atoms with van der Waals surface area (Å²) in [6.45, 7) is 2.49. The highest BCUT2D eigenvalue weighted by molar-refractivity contribution is 14.0. The van der Waals surface area contributed by atoms with Crippen LogP contribution < -0.4 is 15.5 Å². The maximum atomic E-state index is 6.03. The molecule has 10 heteroatoms. The van der Waals surface area contributed by atoms with Gasteiger partial charge in [0.05, 0.1) is 11.5 Å². The Bertz CT molecular complexity index is 956. The number of aliphatic imine (C=N–C) groups is 1.